The summed E-state index contributed by atoms with van der Waals surface area (Å²) in [5, 5.41) is 32.4. The fourth-order valence-electron chi connectivity index (χ4n) is 3.21. The number of nitrogens with one attached hydrogen (secondary N) is 3. The van der Waals surface area contributed by atoms with Crippen molar-refractivity contribution in [1.29, 1.82) is 0 Å². The Morgan fingerprint density at radius 1 is 1.22 bits per heavy atom. The minimum Gasteiger partial charge on any atom is -0.477 e. The summed E-state index contributed by atoms with van der Waals surface area (Å²) < 4.78 is 28.8. The average molecular weight is 523 g/mol. The van der Waals surface area contributed by atoms with E-state index in [1.165, 1.54) is 6.92 Å². The molecule has 0 spiro atoms. The van der Waals surface area contributed by atoms with Crippen LogP contribution in [0.4, 0.5) is 0 Å². The van der Waals surface area contributed by atoms with E-state index >= 15 is 0 Å². The van der Waals surface area contributed by atoms with Crippen molar-refractivity contribution in [2.45, 2.75) is 65.2 Å². The first-order valence-electron chi connectivity index (χ1n) is 11.5. The Morgan fingerprint density at radius 2 is 1.94 bits per heavy atom. The molecule has 2 heterocycles. The number of H-pyrrole nitrogens is 1. The average Bonchev–Trinajstić information content (AvgIpc) is 3.39. The summed E-state index contributed by atoms with van der Waals surface area (Å²) in [6, 6.07) is 6.48. The molecular formula is C23H34N6O6S. The first-order valence-corrected chi connectivity index (χ1v) is 12.6. The minimum atomic E-state index is -1.98. The van der Waals surface area contributed by atoms with Gasteiger partial charge in [0.15, 0.2) is 29.1 Å². The molecule has 3 rings (SSSR count). The third kappa shape index (κ3) is 6.81. The standard InChI is InChI=1S/C23H34N6O6S/c1-13-7-8-17(34-15(3)22(32)24-11-16(31)12-30)18(9-13)35-36(33)28-14(2)21-26-25-20-10-19(23(4,5)6)27-29(20)21/h7-10,14-16,27-28,30-31H,11-12H2,1-6H3,(H,24,32). The highest BCUT2D eigenvalue weighted by Gasteiger charge is 2.23. The fourth-order valence-corrected chi connectivity index (χ4v) is 3.95. The summed E-state index contributed by atoms with van der Waals surface area (Å²) in [6.07, 6.45) is -2.00. The number of hydrogen-bond donors (Lipinski definition) is 5. The van der Waals surface area contributed by atoms with Crippen molar-refractivity contribution >= 4 is 22.8 Å². The highest BCUT2D eigenvalue weighted by Crippen LogP contribution is 2.30. The van der Waals surface area contributed by atoms with Gasteiger partial charge in [0.05, 0.1) is 18.8 Å². The van der Waals surface area contributed by atoms with Crippen LogP contribution in [0.25, 0.3) is 5.65 Å². The molecule has 3 aromatic rings. The van der Waals surface area contributed by atoms with Crippen molar-refractivity contribution in [3.8, 4) is 11.5 Å². The van der Waals surface area contributed by atoms with Gasteiger partial charge in [0.2, 0.25) is 0 Å². The number of ether oxygens (including phenoxy) is 1. The molecule has 1 amide bonds. The number of fused-ring (bicyclic) bond motifs is 1. The van der Waals surface area contributed by atoms with Crippen LogP contribution in [0, 0.1) is 6.92 Å². The molecule has 198 valence electrons. The Labute approximate surface area is 212 Å². The van der Waals surface area contributed by atoms with Crippen LogP contribution in [0.5, 0.6) is 11.5 Å². The van der Waals surface area contributed by atoms with Gasteiger partial charge in [0, 0.05) is 23.7 Å². The Bertz CT molecular complexity index is 1220. The van der Waals surface area contributed by atoms with E-state index in [9.17, 15) is 14.1 Å². The zero-order chi connectivity index (χ0) is 26.6. The maximum Gasteiger partial charge on any atom is 0.288 e. The molecule has 13 heteroatoms. The lowest BCUT2D eigenvalue weighted by Gasteiger charge is -2.19. The highest BCUT2D eigenvalue weighted by atomic mass is 32.2. The van der Waals surface area contributed by atoms with Gasteiger partial charge in [-0.1, -0.05) is 26.8 Å². The molecule has 4 unspecified atom stereocenters. The van der Waals surface area contributed by atoms with Crippen LogP contribution in [-0.4, -0.2) is 65.5 Å². The maximum absolute atomic E-state index is 12.8. The molecule has 0 aliphatic carbocycles. The second kappa shape index (κ2) is 11.4. The third-order valence-corrected chi connectivity index (χ3v) is 6.22. The topological polar surface area (TPSA) is 163 Å². The number of aliphatic hydroxyl groups excluding tert-OH is 2. The van der Waals surface area contributed by atoms with Crippen molar-refractivity contribution in [3.05, 3.63) is 41.3 Å². The SMILES string of the molecule is Cc1ccc(OC(C)C(=O)NCC(O)CO)c(OS(=O)NC(C)c2nnc3cc(C(C)(C)C)[nH]n23)c1. The predicted molar refractivity (Wildman–Crippen MR) is 134 cm³/mol. The number of carbonyl (C=O) groups excluding carboxylic acids is 1. The van der Waals surface area contributed by atoms with E-state index in [1.807, 2.05) is 13.0 Å². The molecule has 1 aromatic carbocycles. The number of aryl methyl sites for hydroxylation is 1. The van der Waals surface area contributed by atoms with E-state index in [1.54, 1.807) is 29.6 Å². The number of carbonyl (C=O) groups is 1. The van der Waals surface area contributed by atoms with Gasteiger partial charge in [0.25, 0.3) is 17.2 Å². The quantitative estimate of drug-likeness (QED) is 0.251. The Morgan fingerprint density at radius 3 is 2.61 bits per heavy atom. The first-order chi connectivity index (χ1) is 16.9. The smallest absolute Gasteiger partial charge is 0.288 e. The van der Waals surface area contributed by atoms with Crippen molar-refractivity contribution in [1.82, 2.24) is 29.9 Å². The molecule has 0 fully saturated rings. The van der Waals surface area contributed by atoms with Crippen LogP contribution in [-0.2, 0) is 21.5 Å². The van der Waals surface area contributed by atoms with E-state index in [4.69, 9.17) is 14.0 Å². The summed E-state index contributed by atoms with van der Waals surface area (Å²) in [7, 11) is 0. The van der Waals surface area contributed by atoms with Crippen LogP contribution < -0.4 is 19.0 Å². The molecule has 0 aliphatic rings. The first kappa shape index (κ1) is 27.6. The summed E-state index contributed by atoms with van der Waals surface area (Å²) in [4.78, 5) is 12.3. The Balaban J connectivity index is 1.68. The lowest BCUT2D eigenvalue weighted by Crippen LogP contribution is -2.41. The second-order valence-corrected chi connectivity index (χ2v) is 10.5. The second-order valence-electron chi connectivity index (χ2n) is 9.62. The van der Waals surface area contributed by atoms with Gasteiger partial charge in [-0.15, -0.1) is 10.2 Å². The largest absolute Gasteiger partial charge is 0.477 e. The van der Waals surface area contributed by atoms with Gasteiger partial charge in [-0.05, 0) is 38.5 Å². The molecule has 0 radical (unpaired) electrons. The van der Waals surface area contributed by atoms with Gasteiger partial charge < -0.3 is 24.4 Å². The predicted octanol–water partition coefficient (Wildman–Crippen LogP) is 1.21. The van der Waals surface area contributed by atoms with Crippen LogP contribution in [0.2, 0.25) is 0 Å². The van der Waals surface area contributed by atoms with Gasteiger partial charge in [0.1, 0.15) is 0 Å². The number of aromatic amines is 1. The van der Waals surface area contributed by atoms with Gasteiger partial charge in [-0.25, -0.2) is 4.52 Å². The molecule has 0 saturated carbocycles. The van der Waals surface area contributed by atoms with Crippen LogP contribution >= 0.6 is 0 Å². The maximum atomic E-state index is 12.8. The van der Waals surface area contributed by atoms with E-state index in [-0.39, 0.29) is 23.5 Å². The molecule has 36 heavy (non-hydrogen) atoms. The summed E-state index contributed by atoms with van der Waals surface area (Å²) in [5.74, 6) is 0.453. The lowest BCUT2D eigenvalue weighted by molar-refractivity contribution is -0.127. The summed E-state index contributed by atoms with van der Waals surface area (Å²) in [6.45, 7) is 10.8. The number of aliphatic hydroxyl groups is 2. The monoisotopic (exact) mass is 522 g/mol. The minimum absolute atomic E-state index is 0.102. The summed E-state index contributed by atoms with van der Waals surface area (Å²) in [5.41, 5.74) is 2.38. The Kier molecular flexibility index (Phi) is 8.71. The summed E-state index contributed by atoms with van der Waals surface area (Å²) >= 11 is -1.98. The van der Waals surface area contributed by atoms with Crippen LogP contribution in [0.1, 0.15) is 57.7 Å². The highest BCUT2D eigenvalue weighted by molar-refractivity contribution is 7.78. The number of rotatable bonds is 11. The van der Waals surface area contributed by atoms with E-state index in [0.717, 1.165) is 11.3 Å². The van der Waals surface area contributed by atoms with Crippen LogP contribution in [0.15, 0.2) is 24.3 Å². The van der Waals surface area contributed by atoms with Gasteiger partial charge in [-0.2, -0.15) is 8.93 Å². The van der Waals surface area contributed by atoms with Gasteiger partial charge >= 0.3 is 0 Å². The molecular weight excluding hydrogens is 488 g/mol. The van der Waals surface area contributed by atoms with Crippen molar-refractivity contribution in [2.75, 3.05) is 13.2 Å². The molecule has 5 N–H and O–H groups in total. The molecule has 0 saturated heterocycles. The van der Waals surface area contributed by atoms with E-state index in [2.05, 4.69) is 46.1 Å². The van der Waals surface area contributed by atoms with Crippen molar-refractivity contribution < 1.29 is 28.1 Å². The van der Waals surface area contributed by atoms with Crippen molar-refractivity contribution in [2.24, 2.45) is 0 Å². The van der Waals surface area contributed by atoms with Crippen molar-refractivity contribution in [3.63, 3.8) is 0 Å². The fraction of sp³-hybridized carbons (Fsp3) is 0.522. The number of amides is 1. The van der Waals surface area contributed by atoms with E-state index in [0.29, 0.717) is 11.5 Å². The molecule has 2 aromatic heterocycles. The van der Waals surface area contributed by atoms with E-state index < -0.39 is 42.0 Å². The zero-order valence-electron chi connectivity index (χ0n) is 21.2. The van der Waals surface area contributed by atoms with Crippen LogP contribution in [0.3, 0.4) is 0 Å². The molecule has 0 bridgehead atoms. The molecule has 12 nitrogen and oxygen atoms in total. The Hall–Kier alpha value is -3.00. The number of aromatic nitrogens is 4. The normalized spacial score (nSPS) is 15.3. The lowest BCUT2D eigenvalue weighted by atomic mass is 9.93. The molecule has 0 aliphatic heterocycles. The number of benzene rings is 1. The zero-order valence-corrected chi connectivity index (χ0v) is 22.0. The number of hydrogen-bond acceptors (Lipinski definition) is 8. The molecule has 4 atom stereocenters. The number of nitrogens with zero attached hydrogens (tertiary/aromatic N) is 3. The third-order valence-electron chi connectivity index (χ3n) is 5.35. The van der Waals surface area contributed by atoms with Gasteiger partial charge in [-0.3, -0.25) is 9.89 Å².